The maximum Gasteiger partial charge on any atom is 0.262 e. The first-order valence-electron chi connectivity index (χ1n) is 6.96. The Morgan fingerprint density at radius 3 is 2.22 bits per heavy atom. The van der Waals surface area contributed by atoms with Gasteiger partial charge in [-0.25, -0.2) is 4.39 Å². The first kappa shape index (κ1) is 16.0. The van der Waals surface area contributed by atoms with Gasteiger partial charge in [-0.3, -0.25) is 14.5 Å². The van der Waals surface area contributed by atoms with Crippen molar-refractivity contribution < 1.29 is 14.0 Å². The van der Waals surface area contributed by atoms with Crippen molar-refractivity contribution in [3.63, 3.8) is 0 Å². The molecule has 3 rings (SSSR count). The van der Waals surface area contributed by atoms with E-state index in [1.54, 1.807) is 31.2 Å². The number of amides is 2. The Balaban J connectivity index is 2.08. The molecule has 0 saturated carbocycles. The summed E-state index contributed by atoms with van der Waals surface area (Å²) in [7, 11) is 0. The van der Waals surface area contributed by atoms with Gasteiger partial charge in [-0.2, -0.15) is 0 Å². The molecular formula is C17H12Cl2FNO2. The topological polar surface area (TPSA) is 37.4 Å². The third-order valence-corrected chi connectivity index (χ3v) is 4.60. The third kappa shape index (κ3) is 2.52. The maximum atomic E-state index is 13.7. The Morgan fingerprint density at radius 2 is 1.70 bits per heavy atom. The summed E-state index contributed by atoms with van der Waals surface area (Å²) in [4.78, 5) is 26.2. The number of hydrogen-bond acceptors (Lipinski definition) is 2. The van der Waals surface area contributed by atoms with Crippen LogP contribution in [0, 0.1) is 5.82 Å². The van der Waals surface area contributed by atoms with Gasteiger partial charge in [-0.05, 0) is 42.3 Å². The van der Waals surface area contributed by atoms with Crippen molar-refractivity contribution in [3.05, 3.63) is 69.5 Å². The highest BCUT2D eigenvalue weighted by molar-refractivity contribution is 6.32. The molecule has 2 aromatic rings. The van der Waals surface area contributed by atoms with Crippen LogP contribution in [-0.4, -0.2) is 16.7 Å². The molecule has 1 heterocycles. The number of hydrogen-bond donors (Lipinski definition) is 0. The number of carbonyl (C=O) groups excluding carboxylic acids is 2. The number of carbonyl (C=O) groups is 2. The van der Waals surface area contributed by atoms with E-state index < -0.39 is 23.7 Å². The molecule has 0 saturated heterocycles. The molecule has 3 nitrogen and oxygen atoms in total. The van der Waals surface area contributed by atoms with E-state index in [2.05, 4.69) is 0 Å². The fourth-order valence-electron chi connectivity index (χ4n) is 2.84. The first-order chi connectivity index (χ1) is 11.0. The van der Waals surface area contributed by atoms with Crippen molar-refractivity contribution in [3.8, 4) is 0 Å². The Hall–Kier alpha value is -1.91. The largest absolute Gasteiger partial charge is 0.269 e. The van der Waals surface area contributed by atoms with E-state index in [-0.39, 0.29) is 10.9 Å². The van der Waals surface area contributed by atoms with Crippen LogP contribution in [0.5, 0.6) is 0 Å². The highest BCUT2D eigenvalue weighted by Crippen LogP contribution is 2.35. The lowest BCUT2D eigenvalue weighted by Gasteiger charge is -2.25. The second kappa shape index (κ2) is 5.95. The summed E-state index contributed by atoms with van der Waals surface area (Å²) < 4.78 is 13.7. The number of nitrogens with zero attached hydrogens (tertiary/aromatic N) is 1. The molecule has 0 radical (unpaired) electrons. The van der Waals surface area contributed by atoms with Crippen molar-refractivity contribution >= 4 is 35.0 Å². The van der Waals surface area contributed by atoms with Crippen LogP contribution in [0.25, 0.3) is 0 Å². The molecule has 0 aliphatic carbocycles. The smallest absolute Gasteiger partial charge is 0.262 e. The SMILES string of the molecule is CC(c1cc(F)cc(Cl)c1CCl)N1C(=O)c2ccccc2C1=O. The van der Waals surface area contributed by atoms with Crippen molar-refractivity contribution in [2.75, 3.05) is 0 Å². The summed E-state index contributed by atoms with van der Waals surface area (Å²) in [5, 5.41) is 0.179. The van der Waals surface area contributed by atoms with Gasteiger partial charge in [0.1, 0.15) is 5.82 Å². The van der Waals surface area contributed by atoms with Gasteiger partial charge in [-0.15, -0.1) is 11.6 Å². The molecule has 23 heavy (non-hydrogen) atoms. The summed E-state index contributed by atoms with van der Waals surface area (Å²) in [6, 6.07) is 8.34. The molecule has 118 valence electrons. The number of fused-ring (bicyclic) bond motifs is 1. The molecule has 0 spiro atoms. The Kier molecular flexibility index (Phi) is 4.13. The second-order valence-electron chi connectivity index (χ2n) is 5.29. The third-order valence-electron chi connectivity index (χ3n) is 3.99. The first-order valence-corrected chi connectivity index (χ1v) is 7.87. The maximum absolute atomic E-state index is 13.7. The van der Waals surface area contributed by atoms with Crippen molar-refractivity contribution in [2.24, 2.45) is 0 Å². The average molecular weight is 352 g/mol. The number of benzene rings is 2. The molecule has 0 fully saturated rings. The predicted molar refractivity (Wildman–Crippen MR) is 86.3 cm³/mol. The lowest BCUT2D eigenvalue weighted by molar-refractivity contribution is 0.0594. The minimum absolute atomic E-state index is 0.0575. The lowest BCUT2D eigenvalue weighted by atomic mass is 10.0. The molecule has 1 aliphatic rings. The normalized spacial score (nSPS) is 15.0. The van der Waals surface area contributed by atoms with Crippen LogP contribution < -0.4 is 0 Å². The van der Waals surface area contributed by atoms with Gasteiger partial charge in [0.05, 0.1) is 17.2 Å². The molecule has 1 unspecified atom stereocenters. The summed E-state index contributed by atoms with van der Waals surface area (Å²) >= 11 is 11.9. The van der Waals surface area contributed by atoms with Gasteiger partial charge < -0.3 is 0 Å². The van der Waals surface area contributed by atoms with Crippen molar-refractivity contribution in [2.45, 2.75) is 18.8 Å². The van der Waals surface area contributed by atoms with Crippen LogP contribution in [0.4, 0.5) is 4.39 Å². The van der Waals surface area contributed by atoms with E-state index in [0.29, 0.717) is 22.3 Å². The summed E-state index contributed by atoms with van der Waals surface area (Å²) in [5.41, 5.74) is 1.64. The Labute approximate surface area is 142 Å². The van der Waals surface area contributed by atoms with Crippen LogP contribution in [0.3, 0.4) is 0 Å². The number of rotatable bonds is 3. The molecule has 0 aromatic heterocycles. The fourth-order valence-corrected chi connectivity index (χ4v) is 3.48. The van der Waals surface area contributed by atoms with Gasteiger partial charge in [0.2, 0.25) is 0 Å². The van der Waals surface area contributed by atoms with Gasteiger partial charge in [0, 0.05) is 10.9 Å². The molecule has 2 aromatic carbocycles. The van der Waals surface area contributed by atoms with E-state index >= 15 is 0 Å². The van der Waals surface area contributed by atoms with E-state index in [9.17, 15) is 14.0 Å². The van der Waals surface area contributed by atoms with E-state index in [1.165, 1.54) is 6.07 Å². The average Bonchev–Trinajstić information content (AvgIpc) is 2.78. The van der Waals surface area contributed by atoms with Crippen molar-refractivity contribution in [1.82, 2.24) is 4.90 Å². The van der Waals surface area contributed by atoms with Crippen LogP contribution >= 0.6 is 23.2 Å². The van der Waals surface area contributed by atoms with Gasteiger partial charge >= 0.3 is 0 Å². The van der Waals surface area contributed by atoms with E-state index in [4.69, 9.17) is 23.2 Å². The van der Waals surface area contributed by atoms with Crippen LogP contribution in [0.15, 0.2) is 36.4 Å². The molecule has 2 amide bonds. The highest BCUT2D eigenvalue weighted by Gasteiger charge is 2.39. The molecule has 1 aliphatic heterocycles. The Morgan fingerprint density at radius 1 is 1.13 bits per heavy atom. The second-order valence-corrected chi connectivity index (χ2v) is 5.97. The summed E-state index contributed by atoms with van der Waals surface area (Å²) in [6.07, 6.45) is 0. The molecule has 0 N–H and O–H groups in total. The highest BCUT2D eigenvalue weighted by atomic mass is 35.5. The molecule has 0 bridgehead atoms. The number of imide groups is 1. The van der Waals surface area contributed by atoms with E-state index in [1.807, 2.05) is 0 Å². The number of alkyl halides is 1. The van der Waals surface area contributed by atoms with Crippen LogP contribution in [0.2, 0.25) is 5.02 Å². The van der Waals surface area contributed by atoms with Gasteiger partial charge in [-0.1, -0.05) is 23.7 Å². The molecular weight excluding hydrogens is 340 g/mol. The summed E-state index contributed by atoms with van der Waals surface area (Å²) in [5.74, 6) is -1.29. The number of halogens is 3. The van der Waals surface area contributed by atoms with Gasteiger partial charge in [0.25, 0.3) is 11.8 Å². The monoisotopic (exact) mass is 351 g/mol. The van der Waals surface area contributed by atoms with Gasteiger partial charge in [0.15, 0.2) is 0 Å². The lowest BCUT2D eigenvalue weighted by Crippen LogP contribution is -2.33. The zero-order chi connectivity index (χ0) is 16.7. The quantitative estimate of drug-likeness (QED) is 0.599. The minimum atomic E-state index is -0.677. The summed E-state index contributed by atoms with van der Waals surface area (Å²) in [6.45, 7) is 1.66. The molecule has 6 heteroatoms. The van der Waals surface area contributed by atoms with Crippen LogP contribution in [-0.2, 0) is 5.88 Å². The minimum Gasteiger partial charge on any atom is -0.269 e. The zero-order valence-corrected chi connectivity index (χ0v) is 13.7. The predicted octanol–water partition coefficient (Wildman–Crippen LogP) is 4.58. The fraction of sp³-hybridized carbons (Fsp3) is 0.176. The standard InChI is InChI=1S/C17H12Cl2FNO2/c1-9(13-6-10(20)7-15(19)14(13)8-18)21-16(22)11-4-2-3-5-12(11)17(21)23/h2-7,9H,8H2,1H3. The van der Waals surface area contributed by atoms with E-state index in [0.717, 1.165) is 11.0 Å². The molecule has 1 atom stereocenters. The van der Waals surface area contributed by atoms with Crippen LogP contribution in [0.1, 0.15) is 44.8 Å². The van der Waals surface area contributed by atoms with Crippen molar-refractivity contribution in [1.29, 1.82) is 0 Å². The Bertz CT molecular complexity index is 787. The zero-order valence-electron chi connectivity index (χ0n) is 12.1.